The second-order valence-corrected chi connectivity index (χ2v) is 4.93. The van der Waals surface area contributed by atoms with E-state index in [1.165, 1.54) is 26.4 Å². The van der Waals surface area contributed by atoms with Crippen LogP contribution in [0.25, 0.3) is 0 Å². The van der Waals surface area contributed by atoms with E-state index in [9.17, 15) is 9.50 Å². The summed E-state index contributed by atoms with van der Waals surface area (Å²) in [7, 11) is 2.92. The number of benzene rings is 2. The third-order valence-electron chi connectivity index (χ3n) is 3.41. The lowest BCUT2D eigenvalue weighted by molar-refractivity contribution is 0.173. The zero-order valence-corrected chi connectivity index (χ0v) is 12.4. The Bertz CT molecular complexity index is 608. The van der Waals surface area contributed by atoms with E-state index in [1.807, 2.05) is 31.2 Å². The average molecular weight is 290 g/mol. The van der Waals surface area contributed by atoms with Crippen LogP contribution in [0.4, 0.5) is 4.39 Å². The summed E-state index contributed by atoms with van der Waals surface area (Å²) in [4.78, 5) is 0. The van der Waals surface area contributed by atoms with Crippen LogP contribution in [0, 0.1) is 12.7 Å². The molecule has 21 heavy (non-hydrogen) atoms. The molecule has 3 nitrogen and oxygen atoms in total. The largest absolute Gasteiger partial charge is 0.493 e. The molecule has 1 N–H and O–H groups in total. The van der Waals surface area contributed by atoms with Gasteiger partial charge < -0.3 is 14.6 Å². The van der Waals surface area contributed by atoms with Crippen LogP contribution in [0.5, 0.6) is 11.5 Å². The molecule has 0 heterocycles. The molecule has 4 heteroatoms. The van der Waals surface area contributed by atoms with Crippen molar-refractivity contribution in [2.24, 2.45) is 0 Å². The van der Waals surface area contributed by atoms with Crippen LogP contribution in [0.1, 0.15) is 22.8 Å². The maximum atomic E-state index is 14.1. The molecule has 1 unspecified atom stereocenters. The van der Waals surface area contributed by atoms with Crippen LogP contribution < -0.4 is 9.47 Å². The van der Waals surface area contributed by atoms with Crippen LogP contribution in [-0.2, 0) is 6.42 Å². The highest BCUT2D eigenvalue weighted by atomic mass is 19.1. The smallest absolute Gasteiger partial charge is 0.163 e. The molecule has 0 radical (unpaired) electrons. The fourth-order valence-corrected chi connectivity index (χ4v) is 2.18. The summed E-state index contributed by atoms with van der Waals surface area (Å²) in [6.07, 6.45) is -0.598. The maximum Gasteiger partial charge on any atom is 0.163 e. The van der Waals surface area contributed by atoms with Gasteiger partial charge >= 0.3 is 0 Å². The first-order valence-corrected chi connectivity index (χ1v) is 6.70. The topological polar surface area (TPSA) is 38.7 Å². The third kappa shape index (κ3) is 3.52. The molecule has 0 aliphatic rings. The van der Waals surface area contributed by atoms with E-state index in [0.717, 1.165) is 11.1 Å². The zero-order valence-electron chi connectivity index (χ0n) is 12.4. The fourth-order valence-electron chi connectivity index (χ4n) is 2.18. The lowest BCUT2D eigenvalue weighted by atomic mass is 10.00. The lowest BCUT2D eigenvalue weighted by Gasteiger charge is -2.15. The zero-order chi connectivity index (χ0) is 15.4. The second kappa shape index (κ2) is 6.59. The Morgan fingerprint density at radius 1 is 1.05 bits per heavy atom. The van der Waals surface area contributed by atoms with E-state index < -0.39 is 11.9 Å². The van der Waals surface area contributed by atoms with Crippen molar-refractivity contribution in [3.63, 3.8) is 0 Å². The molecule has 0 amide bonds. The third-order valence-corrected chi connectivity index (χ3v) is 3.41. The molecule has 0 spiro atoms. The van der Waals surface area contributed by atoms with Gasteiger partial charge in [-0.05, 0) is 18.6 Å². The van der Waals surface area contributed by atoms with Crippen LogP contribution in [0.3, 0.4) is 0 Å². The predicted octanol–water partition coefficient (Wildman–Crippen LogP) is 3.43. The van der Waals surface area contributed by atoms with Gasteiger partial charge in [-0.15, -0.1) is 0 Å². The molecule has 2 aromatic carbocycles. The number of aliphatic hydroxyl groups excluding tert-OH is 1. The lowest BCUT2D eigenvalue weighted by Crippen LogP contribution is -2.06. The van der Waals surface area contributed by atoms with Crippen molar-refractivity contribution in [3.05, 3.63) is 58.9 Å². The minimum Gasteiger partial charge on any atom is -0.493 e. The standard InChI is InChI=1S/C17H19FO3/c1-11-4-6-12(7-5-11)8-15(19)13-9-16(20-2)17(21-3)10-14(13)18/h4-7,9-10,15,19H,8H2,1-3H3. The summed E-state index contributed by atoms with van der Waals surface area (Å²) >= 11 is 0. The number of aryl methyl sites for hydroxylation is 1. The molecule has 0 aliphatic heterocycles. The van der Waals surface area contributed by atoms with Gasteiger partial charge in [-0.2, -0.15) is 0 Å². The summed E-state index contributed by atoms with van der Waals surface area (Å²) in [5.41, 5.74) is 2.29. The van der Waals surface area contributed by atoms with E-state index in [2.05, 4.69) is 0 Å². The highest BCUT2D eigenvalue weighted by Crippen LogP contribution is 2.33. The van der Waals surface area contributed by atoms with E-state index in [4.69, 9.17) is 9.47 Å². The number of hydrogen-bond donors (Lipinski definition) is 1. The molecular weight excluding hydrogens is 271 g/mol. The first-order valence-electron chi connectivity index (χ1n) is 6.70. The summed E-state index contributed by atoms with van der Waals surface area (Å²) in [5, 5.41) is 10.3. The summed E-state index contributed by atoms with van der Waals surface area (Å²) < 4.78 is 24.3. The summed E-state index contributed by atoms with van der Waals surface area (Å²) in [6, 6.07) is 10.5. The molecule has 0 bridgehead atoms. The molecular formula is C17H19FO3. The Balaban J connectivity index is 2.26. The number of ether oxygens (including phenoxy) is 2. The molecule has 0 aromatic heterocycles. The highest BCUT2D eigenvalue weighted by molar-refractivity contribution is 5.44. The Kier molecular flexibility index (Phi) is 4.81. The molecule has 0 saturated heterocycles. The molecule has 2 aromatic rings. The van der Waals surface area contributed by atoms with Crippen molar-refractivity contribution in [2.45, 2.75) is 19.4 Å². The first kappa shape index (κ1) is 15.3. The number of halogens is 1. The summed E-state index contributed by atoms with van der Waals surface area (Å²) in [5.74, 6) is 0.199. The Morgan fingerprint density at radius 2 is 1.62 bits per heavy atom. The van der Waals surface area contributed by atoms with Gasteiger partial charge in [0.2, 0.25) is 0 Å². The number of methoxy groups -OCH3 is 2. The molecule has 1 atom stereocenters. The molecule has 0 saturated carbocycles. The first-order chi connectivity index (χ1) is 10.0. The summed E-state index contributed by atoms with van der Waals surface area (Å²) in [6.45, 7) is 1.99. The van der Waals surface area contributed by atoms with Gasteiger partial charge in [0.05, 0.1) is 20.3 Å². The van der Waals surface area contributed by atoms with Crippen molar-refractivity contribution in [1.29, 1.82) is 0 Å². The second-order valence-electron chi connectivity index (χ2n) is 4.93. The van der Waals surface area contributed by atoms with E-state index in [0.29, 0.717) is 17.9 Å². The van der Waals surface area contributed by atoms with E-state index >= 15 is 0 Å². The SMILES string of the molecule is COc1cc(F)c(C(O)Cc2ccc(C)cc2)cc1OC. The van der Waals surface area contributed by atoms with Gasteiger partial charge in [-0.1, -0.05) is 29.8 Å². The van der Waals surface area contributed by atoms with Crippen molar-refractivity contribution in [3.8, 4) is 11.5 Å². The van der Waals surface area contributed by atoms with Crippen molar-refractivity contribution >= 4 is 0 Å². The predicted molar refractivity (Wildman–Crippen MR) is 79.3 cm³/mol. The van der Waals surface area contributed by atoms with Gasteiger partial charge in [0.1, 0.15) is 5.82 Å². The quantitative estimate of drug-likeness (QED) is 0.917. The normalized spacial score (nSPS) is 12.0. The van der Waals surface area contributed by atoms with Gasteiger partial charge in [0.15, 0.2) is 11.5 Å². The number of aliphatic hydroxyl groups is 1. The van der Waals surface area contributed by atoms with Crippen LogP contribution >= 0.6 is 0 Å². The monoisotopic (exact) mass is 290 g/mol. The van der Waals surface area contributed by atoms with Gasteiger partial charge in [-0.3, -0.25) is 0 Å². The van der Waals surface area contributed by atoms with Crippen LogP contribution in [0.15, 0.2) is 36.4 Å². The number of rotatable bonds is 5. The minimum atomic E-state index is -0.937. The molecule has 0 aliphatic carbocycles. The Hall–Kier alpha value is -2.07. The average Bonchev–Trinajstić information content (AvgIpc) is 2.49. The van der Waals surface area contributed by atoms with Crippen molar-refractivity contribution in [1.82, 2.24) is 0 Å². The van der Waals surface area contributed by atoms with E-state index in [-0.39, 0.29) is 5.56 Å². The molecule has 2 rings (SSSR count). The molecule has 112 valence electrons. The minimum absolute atomic E-state index is 0.202. The highest BCUT2D eigenvalue weighted by Gasteiger charge is 2.18. The fraction of sp³-hybridized carbons (Fsp3) is 0.294. The van der Waals surface area contributed by atoms with Crippen LogP contribution in [0.2, 0.25) is 0 Å². The van der Waals surface area contributed by atoms with E-state index in [1.54, 1.807) is 0 Å². The number of hydrogen-bond acceptors (Lipinski definition) is 3. The van der Waals surface area contributed by atoms with Crippen molar-refractivity contribution < 1.29 is 19.0 Å². The Labute approximate surface area is 124 Å². The van der Waals surface area contributed by atoms with Crippen LogP contribution in [-0.4, -0.2) is 19.3 Å². The Morgan fingerprint density at radius 3 is 2.19 bits per heavy atom. The van der Waals surface area contributed by atoms with Crippen molar-refractivity contribution in [2.75, 3.05) is 14.2 Å². The molecule has 0 fully saturated rings. The van der Waals surface area contributed by atoms with Gasteiger partial charge in [0, 0.05) is 18.1 Å². The van der Waals surface area contributed by atoms with Gasteiger partial charge in [0.25, 0.3) is 0 Å². The van der Waals surface area contributed by atoms with Gasteiger partial charge in [-0.25, -0.2) is 4.39 Å². The maximum absolute atomic E-state index is 14.1.